The molecule has 0 radical (unpaired) electrons. The summed E-state index contributed by atoms with van der Waals surface area (Å²) in [4.78, 5) is 0. The van der Waals surface area contributed by atoms with Gasteiger partial charge in [-0.25, -0.2) is 0 Å². The minimum absolute atomic E-state index is 0. The second-order valence-electron chi connectivity index (χ2n) is 6.00. The van der Waals surface area contributed by atoms with Crippen LogP contribution in [0.1, 0.15) is 38.5 Å². The van der Waals surface area contributed by atoms with E-state index in [9.17, 15) is 12.9 Å². The molecular formula is C17H19BF3KO. The van der Waals surface area contributed by atoms with Crippen molar-refractivity contribution in [2.45, 2.75) is 44.6 Å². The first-order valence-corrected chi connectivity index (χ1v) is 7.94. The van der Waals surface area contributed by atoms with Crippen LogP contribution in [0.4, 0.5) is 12.9 Å². The van der Waals surface area contributed by atoms with Gasteiger partial charge in [0.1, 0.15) is 0 Å². The van der Waals surface area contributed by atoms with Crippen LogP contribution < -0.4 is 61.6 Å². The number of rotatable bonds is 3. The topological polar surface area (TPSA) is 9.23 Å². The third-order valence-electron chi connectivity index (χ3n) is 4.35. The molecule has 0 aromatic heterocycles. The number of hydrogen-bond acceptors (Lipinski definition) is 1. The first kappa shape index (κ1) is 19.3. The van der Waals surface area contributed by atoms with Gasteiger partial charge >= 0.3 is 58.4 Å². The fraction of sp³-hybridized carbons (Fsp3) is 0.412. The van der Waals surface area contributed by atoms with E-state index in [4.69, 9.17) is 4.74 Å². The van der Waals surface area contributed by atoms with E-state index >= 15 is 0 Å². The molecule has 0 bridgehead atoms. The van der Waals surface area contributed by atoms with Crippen molar-refractivity contribution < 1.29 is 69.1 Å². The number of benzene rings is 2. The van der Waals surface area contributed by atoms with Gasteiger partial charge in [-0.2, -0.15) is 0 Å². The van der Waals surface area contributed by atoms with Crippen LogP contribution in [0, 0.1) is 0 Å². The number of ether oxygens (including phenoxy) is 1. The molecule has 0 amide bonds. The molecule has 1 aliphatic rings. The predicted octanol–water partition coefficient (Wildman–Crippen LogP) is 2.00. The zero-order valence-electron chi connectivity index (χ0n) is 13.4. The standard InChI is InChI=1S/C17H19BF3O.K/c19-18(20,21)17-15-10-6-5-7-13(15)11-12-16(17)22-14-8-3-1-2-4-9-14;/h5-7,10-12,14H,1-4,8-9H2;/q-1;+1. The van der Waals surface area contributed by atoms with Gasteiger partial charge in [0.15, 0.2) is 0 Å². The second kappa shape index (κ2) is 8.39. The summed E-state index contributed by atoms with van der Waals surface area (Å²) in [6.45, 7) is -5.11. The van der Waals surface area contributed by atoms with E-state index in [-0.39, 0.29) is 68.6 Å². The molecule has 0 aliphatic heterocycles. The number of halogens is 3. The van der Waals surface area contributed by atoms with E-state index in [0.717, 1.165) is 38.5 Å². The Bertz CT molecular complexity index is 652. The second-order valence-corrected chi connectivity index (χ2v) is 6.00. The van der Waals surface area contributed by atoms with Gasteiger partial charge in [-0.05, 0) is 42.5 Å². The van der Waals surface area contributed by atoms with E-state index in [1.54, 1.807) is 24.3 Å². The summed E-state index contributed by atoms with van der Waals surface area (Å²) in [6.07, 6.45) is 5.95. The zero-order chi connectivity index (χ0) is 15.6. The maximum atomic E-state index is 13.6. The normalized spacial score (nSPS) is 16.7. The summed E-state index contributed by atoms with van der Waals surface area (Å²) < 4.78 is 46.6. The molecule has 23 heavy (non-hydrogen) atoms. The minimum atomic E-state index is -5.11. The number of fused-ring (bicyclic) bond motifs is 1. The molecule has 0 N–H and O–H groups in total. The van der Waals surface area contributed by atoms with Crippen LogP contribution in [0.2, 0.25) is 0 Å². The molecule has 2 aromatic carbocycles. The molecular weight excluding hydrogens is 327 g/mol. The summed E-state index contributed by atoms with van der Waals surface area (Å²) in [7, 11) is 0. The van der Waals surface area contributed by atoms with Crippen molar-refractivity contribution >= 4 is 23.2 Å². The average molecular weight is 346 g/mol. The maximum absolute atomic E-state index is 13.6. The van der Waals surface area contributed by atoms with Crippen molar-refractivity contribution in [3.8, 4) is 5.75 Å². The molecule has 1 nitrogen and oxygen atoms in total. The van der Waals surface area contributed by atoms with E-state index in [2.05, 4.69) is 0 Å². The summed E-state index contributed by atoms with van der Waals surface area (Å²) >= 11 is 0. The van der Waals surface area contributed by atoms with Crippen molar-refractivity contribution in [1.82, 2.24) is 0 Å². The van der Waals surface area contributed by atoms with Crippen LogP contribution in [0.25, 0.3) is 10.8 Å². The monoisotopic (exact) mass is 346 g/mol. The molecule has 1 aliphatic carbocycles. The first-order chi connectivity index (χ1) is 10.6. The van der Waals surface area contributed by atoms with Crippen LogP contribution >= 0.6 is 0 Å². The molecule has 2 aromatic rings. The van der Waals surface area contributed by atoms with Crippen molar-refractivity contribution in [1.29, 1.82) is 0 Å². The van der Waals surface area contributed by atoms with Crippen molar-refractivity contribution in [2.24, 2.45) is 0 Å². The van der Waals surface area contributed by atoms with Crippen LogP contribution in [0.3, 0.4) is 0 Å². The SMILES string of the molecule is F[B-](F)(F)c1c(OC2CCCCCC2)ccc2ccccc12.[K+]. The molecule has 6 heteroatoms. The quantitative estimate of drug-likeness (QED) is 0.610. The summed E-state index contributed by atoms with van der Waals surface area (Å²) in [5.41, 5.74) is -0.581. The van der Waals surface area contributed by atoms with Gasteiger partial charge < -0.3 is 17.7 Å². The van der Waals surface area contributed by atoms with Gasteiger partial charge in [-0.15, -0.1) is 0 Å². The third-order valence-corrected chi connectivity index (χ3v) is 4.35. The van der Waals surface area contributed by atoms with Crippen molar-refractivity contribution in [3.05, 3.63) is 36.4 Å². The molecule has 0 atom stereocenters. The van der Waals surface area contributed by atoms with Gasteiger partial charge in [0.2, 0.25) is 0 Å². The molecule has 1 saturated carbocycles. The molecule has 0 heterocycles. The van der Waals surface area contributed by atoms with Gasteiger partial charge in [-0.1, -0.05) is 48.6 Å². The van der Waals surface area contributed by atoms with E-state index in [1.165, 1.54) is 12.1 Å². The Hall–Kier alpha value is -0.00870. The Kier molecular flexibility index (Phi) is 7.04. The largest absolute Gasteiger partial charge is 1.00 e. The van der Waals surface area contributed by atoms with Gasteiger partial charge in [-0.3, -0.25) is 0 Å². The van der Waals surface area contributed by atoms with Crippen molar-refractivity contribution in [3.63, 3.8) is 0 Å². The Labute approximate surface area is 177 Å². The van der Waals surface area contributed by atoms with Crippen LogP contribution in [0.5, 0.6) is 5.75 Å². The fourth-order valence-electron chi connectivity index (χ4n) is 3.26. The molecule has 0 saturated heterocycles. The Balaban J connectivity index is 0.00000192. The van der Waals surface area contributed by atoms with Gasteiger partial charge in [0.25, 0.3) is 0 Å². The van der Waals surface area contributed by atoms with Crippen LogP contribution in [-0.2, 0) is 0 Å². The van der Waals surface area contributed by atoms with E-state index in [1.807, 2.05) is 0 Å². The zero-order valence-corrected chi connectivity index (χ0v) is 16.5. The molecule has 3 rings (SSSR count). The average Bonchev–Trinajstić information content (AvgIpc) is 2.74. The summed E-state index contributed by atoms with van der Waals surface area (Å²) in [5.74, 6) is -0.00176. The molecule has 0 unspecified atom stereocenters. The molecule has 1 fully saturated rings. The fourth-order valence-corrected chi connectivity index (χ4v) is 3.26. The van der Waals surface area contributed by atoms with Crippen LogP contribution in [-0.4, -0.2) is 13.1 Å². The smallest absolute Gasteiger partial charge is 0.493 e. The Morgan fingerprint density at radius 1 is 0.870 bits per heavy atom. The third kappa shape index (κ3) is 4.76. The first-order valence-electron chi connectivity index (χ1n) is 7.94. The predicted molar refractivity (Wildman–Crippen MR) is 84.8 cm³/mol. The Morgan fingerprint density at radius 2 is 1.52 bits per heavy atom. The minimum Gasteiger partial charge on any atom is -0.493 e. The van der Waals surface area contributed by atoms with Crippen molar-refractivity contribution in [2.75, 3.05) is 0 Å². The van der Waals surface area contributed by atoms with Crippen LogP contribution in [0.15, 0.2) is 36.4 Å². The number of hydrogen-bond donors (Lipinski definition) is 0. The van der Waals surface area contributed by atoms with Gasteiger partial charge in [0, 0.05) is 0 Å². The summed E-state index contributed by atoms with van der Waals surface area (Å²) in [6, 6.07) is 9.82. The Morgan fingerprint density at radius 3 is 2.17 bits per heavy atom. The molecule has 118 valence electrons. The summed E-state index contributed by atoms with van der Waals surface area (Å²) in [5, 5.41) is 0.839. The maximum Gasteiger partial charge on any atom is 1.00 e. The van der Waals surface area contributed by atoms with Gasteiger partial charge in [0.05, 0.1) is 11.9 Å². The van der Waals surface area contributed by atoms with E-state index < -0.39 is 12.4 Å². The van der Waals surface area contributed by atoms with E-state index in [0.29, 0.717) is 5.39 Å². The molecule has 0 spiro atoms.